The predicted molar refractivity (Wildman–Crippen MR) is 38.4 cm³/mol. The van der Waals surface area contributed by atoms with Crippen LogP contribution in [0.3, 0.4) is 0 Å². The molecule has 0 aliphatic heterocycles. The molecule has 0 fully saturated rings. The summed E-state index contributed by atoms with van der Waals surface area (Å²) in [5, 5.41) is -3.36. The number of nitrogens with two attached hydrogens (primary N) is 1. The van der Waals surface area contributed by atoms with E-state index < -0.39 is 5.38 Å². The fourth-order valence-electron chi connectivity index (χ4n) is 0.625. The molecule has 60 valence electrons. The number of hydrogen-bond donors (Lipinski definition) is 1. The fourth-order valence-corrected chi connectivity index (χ4v) is 0.742. The van der Waals surface area contributed by atoms with Gasteiger partial charge in [0.25, 0.3) is 0 Å². The number of aromatic nitrogens is 1. The molecule has 2 N–H and O–H groups in total. The molecule has 1 rings (SSSR count). The van der Waals surface area contributed by atoms with Crippen LogP contribution in [0.25, 0.3) is 0 Å². The molecule has 0 unspecified atom stereocenters. The van der Waals surface area contributed by atoms with E-state index in [0.29, 0.717) is 0 Å². The van der Waals surface area contributed by atoms with Crippen molar-refractivity contribution in [1.82, 2.24) is 4.98 Å². The third kappa shape index (κ3) is 2.01. The van der Waals surface area contributed by atoms with Crippen molar-refractivity contribution in [3.63, 3.8) is 0 Å². The van der Waals surface area contributed by atoms with Crippen molar-refractivity contribution < 1.29 is 8.78 Å². The molecule has 0 aliphatic rings. The van der Waals surface area contributed by atoms with E-state index in [0.717, 1.165) is 12.1 Å². The lowest BCUT2D eigenvalue weighted by Crippen LogP contribution is -2.04. The summed E-state index contributed by atoms with van der Waals surface area (Å²) in [6.07, 6.45) is 1.18. The summed E-state index contributed by atoms with van der Waals surface area (Å²) < 4.78 is 24.6. The van der Waals surface area contributed by atoms with Crippen molar-refractivity contribution in [3.05, 3.63) is 23.9 Å². The first-order valence-electron chi connectivity index (χ1n) is 2.79. The minimum Gasteiger partial charge on any atom is -0.384 e. The topological polar surface area (TPSA) is 38.9 Å². The highest BCUT2D eigenvalue weighted by Gasteiger charge is 2.27. The zero-order chi connectivity index (χ0) is 8.48. The van der Waals surface area contributed by atoms with Crippen LogP contribution in [0.1, 0.15) is 5.56 Å². The van der Waals surface area contributed by atoms with Crippen molar-refractivity contribution in [1.29, 1.82) is 0 Å². The van der Waals surface area contributed by atoms with Gasteiger partial charge in [0.1, 0.15) is 5.82 Å². The maximum absolute atomic E-state index is 12.3. The van der Waals surface area contributed by atoms with Gasteiger partial charge in [-0.2, -0.15) is 8.78 Å². The van der Waals surface area contributed by atoms with E-state index in [2.05, 4.69) is 4.98 Å². The Labute approximate surface area is 67.0 Å². The number of rotatable bonds is 1. The highest BCUT2D eigenvalue weighted by atomic mass is 35.5. The quantitative estimate of drug-likeness (QED) is 0.668. The van der Waals surface area contributed by atoms with Gasteiger partial charge in [0.05, 0.1) is 0 Å². The molecule has 5 heteroatoms. The standard InChI is InChI=1S/C6H5ClF2N2/c7-6(8,9)4-1-2-11-5(10)3-4/h1-3H,(H2,10,11). The first kappa shape index (κ1) is 8.20. The molecule has 1 heterocycles. The second-order valence-corrected chi connectivity index (χ2v) is 2.44. The number of nitrogen functional groups attached to an aromatic ring is 1. The van der Waals surface area contributed by atoms with Gasteiger partial charge in [-0.15, -0.1) is 0 Å². The lowest BCUT2D eigenvalue weighted by Gasteiger charge is -2.06. The summed E-state index contributed by atoms with van der Waals surface area (Å²) in [6.45, 7) is 0. The van der Waals surface area contributed by atoms with Gasteiger partial charge >= 0.3 is 5.38 Å². The number of anilines is 1. The second-order valence-electron chi connectivity index (χ2n) is 1.97. The average Bonchev–Trinajstić information content (AvgIpc) is 1.86. The van der Waals surface area contributed by atoms with Crippen LogP contribution in [0.5, 0.6) is 0 Å². The Kier molecular flexibility index (Phi) is 1.95. The lowest BCUT2D eigenvalue weighted by atomic mass is 10.3. The third-order valence-electron chi connectivity index (χ3n) is 1.11. The van der Waals surface area contributed by atoms with Gasteiger partial charge in [-0.3, -0.25) is 0 Å². The van der Waals surface area contributed by atoms with Gasteiger partial charge in [0, 0.05) is 11.8 Å². The smallest absolute Gasteiger partial charge is 0.348 e. The van der Waals surface area contributed by atoms with Crippen LogP contribution in [0.2, 0.25) is 0 Å². The van der Waals surface area contributed by atoms with Gasteiger partial charge in [0.15, 0.2) is 0 Å². The Morgan fingerprint density at radius 1 is 1.55 bits per heavy atom. The molecule has 0 saturated heterocycles. The van der Waals surface area contributed by atoms with E-state index in [9.17, 15) is 8.78 Å². The van der Waals surface area contributed by atoms with Gasteiger partial charge in [-0.1, -0.05) is 0 Å². The molecule has 1 aromatic rings. The summed E-state index contributed by atoms with van der Waals surface area (Å²) in [7, 11) is 0. The predicted octanol–water partition coefficient (Wildman–Crippen LogP) is 1.95. The number of hydrogen-bond acceptors (Lipinski definition) is 2. The second kappa shape index (κ2) is 2.62. The molecule has 0 radical (unpaired) electrons. The first-order valence-corrected chi connectivity index (χ1v) is 3.16. The first-order chi connectivity index (χ1) is 5.00. The van der Waals surface area contributed by atoms with E-state index in [1.54, 1.807) is 0 Å². The molecule has 2 nitrogen and oxygen atoms in total. The summed E-state index contributed by atoms with van der Waals surface area (Å²) >= 11 is 4.71. The monoisotopic (exact) mass is 178 g/mol. The number of halogens is 3. The molecule has 11 heavy (non-hydrogen) atoms. The van der Waals surface area contributed by atoms with Gasteiger partial charge in [-0.25, -0.2) is 4.98 Å². The number of pyridine rings is 1. The van der Waals surface area contributed by atoms with Crippen LogP contribution >= 0.6 is 11.6 Å². The Morgan fingerprint density at radius 2 is 2.18 bits per heavy atom. The van der Waals surface area contributed by atoms with Crippen molar-refractivity contribution in [2.75, 3.05) is 5.73 Å². The molecule has 0 aliphatic carbocycles. The van der Waals surface area contributed by atoms with Crippen LogP contribution in [0, 0.1) is 0 Å². The van der Waals surface area contributed by atoms with Crippen molar-refractivity contribution in [2.45, 2.75) is 5.38 Å². The Bertz CT molecular complexity index is 259. The van der Waals surface area contributed by atoms with Crippen molar-refractivity contribution in [2.24, 2.45) is 0 Å². The Hall–Kier alpha value is -0.900. The minimum atomic E-state index is -3.36. The summed E-state index contributed by atoms with van der Waals surface area (Å²) in [5.41, 5.74) is 4.81. The van der Waals surface area contributed by atoms with Crippen LogP contribution in [-0.2, 0) is 5.38 Å². The minimum absolute atomic E-state index is 0.0304. The van der Waals surface area contributed by atoms with Crippen LogP contribution in [0.4, 0.5) is 14.6 Å². The van der Waals surface area contributed by atoms with Gasteiger partial charge in [0.2, 0.25) is 0 Å². The highest BCUT2D eigenvalue weighted by Crippen LogP contribution is 2.32. The van der Waals surface area contributed by atoms with E-state index in [1.807, 2.05) is 0 Å². The largest absolute Gasteiger partial charge is 0.384 e. The van der Waals surface area contributed by atoms with E-state index in [1.165, 1.54) is 6.20 Å². The Morgan fingerprint density at radius 3 is 2.55 bits per heavy atom. The van der Waals surface area contributed by atoms with E-state index in [-0.39, 0.29) is 11.4 Å². The fraction of sp³-hybridized carbons (Fsp3) is 0.167. The molecule has 0 atom stereocenters. The number of alkyl halides is 3. The number of nitrogens with zero attached hydrogens (tertiary/aromatic N) is 1. The van der Waals surface area contributed by atoms with Crippen LogP contribution < -0.4 is 5.73 Å². The summed E-state index contributed by atoms with van der Waals surface area (Å²) in [5.74, 6) is 0.0304. The third-order valence-corrected chi connectivity index (χ3v) is 1.33. The van der Waals surface area contributed by atoms with E-state index in [4.69, 9.17) is 17.3 Å². The molecule has 0 bridgehead atoms. The SMILES string of the molecule is Nc1cc(C(F)(F)Cl)ccn1. The van der Waals surface area contributed by atoms with Crippen molar-refractivity contribution >= 4 is 17.4 Å². The molecular formula is C6H5ClF2N2. The Balaban J connectivity index is 3.06. The van der Waals surface area contributed by atoms with E-state index >= 15 is 0 Å². The average molecular weight is 179 g/mol. The molecule has 1 aromatic heterocycles. The van der Waals surface area contributed by atoms with Crippen LogP contribution in [0.15, 0.2) is 18.3 Å². The molecular weight excluding hydrogens is 174 g/mol. The normalized spacial score (nSPS) is 11.5. The summed E-state index contributed by atoms with van der Waals surface area (Å²) in [6, 6.07) is 2.15. The zero-order valence-corrected chi connectivity index (χ0v) is 6.15. The maximum atomic E-state index is 12.3. The maximum Gasteiger partial charge on any atom is 0.348 e. The molecule has 0 saturated carbocycles. The van der Waals surface area contributed by atoms with Gasteiger partial charge in [-0.05, 0) is 23.7 Å². The molecule has 0 aromatic carbocycles. The van der Waals surface area contributed by atoms with Crippen LogP contribution in [-0.4, -0.2) is 4.98 Å². The summed E-state index contributed by atoms with van der Waals surface area (Å²) in [4.78, 5) is 3.54. The highest BCUT2D eigenvalue weighted by molar-refractivity contribution is 6.21. The van der Waals surface area contributed by atoms with Crippen molar-refractivity contribution in [3.8, 4) is 0 Å². The molecule has 0 spiro atoms. The molecule has 0 amide bonds. The lowest BCUT2D eigenvalue weighted by molar-refractivity contribution is 0.0951. The zero-order valence-electron chi connectivity index (χ0n) is 5.39. The van der Waals surface area contributed by atoms with Gasteiger partial charge < -0.3 is 5.73 Å².